The summed E-state index contributed by atoms with van der Waals surface area (Å²) in [5.41, 5.74) is -4.08. The molecular formula is C18H14F6N4O2. The van der Waals surface area contributed by atoms with Crippen molar-refractivity contribution in [3.8, 4) is 5.69 Å². The van der Waals surface area contributed by atoms with E-state index in [2.05, 4.69) is 15.3 Å². The number of rotatable bonds is 5. The van der Waals surface area contributed by atoms with Gasteiger partial charge >= 0.3 is 6.18 Å². The minimum Gasteiger partial charge on any atom is -0.384 e. The van der Waals surface area contributed by atoms with Gasteiger partial charge in [-0.1, -0.05) is 0 Å². The number of pyridine rings is 1. The lowest BCUT2D eigenvalue weighted by Crippen LogP contribution is -2.38. The molecule has 3 aromatic rings. The molecule has 1 aromatic carbocycles. The average Bonchev–Trinajstić information content (AvgIpc) is 2.97. The number of alkyl halides is 5. The number of carbonyl (C=O) groups is 1. The highest BCUT2D eigenvalue weighted by Crippen LogP contribution is 2.31. The molecule has 0 radical (unpaired) electrons. The number of aliphatic hydroxyl groups is 1. The number of hydrogen-bond donors (Lipinski definition) is 2. The Morgan fingerprint density at radius 2 is 1.77 bits per heavy atom. The smallest absolute Gasteiger partial charge is 0.384 e. The molecule has 0 spiro atoms. The van der Waals surface area contributed by atoms with Crippen LogP contribution in [0.4, 0.5) is 32.3 Å². The topological polar surface area (TPSA) is 80.0 Å². The second-order valence-corrected chi connectivity index (χ2v) is 6.67. The zero-order valence-electron chi connectivity index (χ0n) is 15.2. The van der Waals surface area contributed by atoms with Crippen molar-refractivity contribution in [2.24, 2.45) is 0 Å². The van der Waals surface area contributed by atoms with E-state index in [1.807, 2.05) is 0 Å². The Balaban J connectivity index is 2.10. The lowest BCUT2D eigenvalue weighted by molar-refractivity contribution is -0.141. The Morgan fingerprint density at radius 3 is 2.33 bits per heavy atom. The Morgan fingerprint density at radius 1 is 1.13 bits per heavy atom. The van der Waals surface area contributed by atoms with E-state index in [4.69, 9.17) is 0 Å². The quantitative estimate of drug-likeness (QED) is 0.599. The lowest BCUT2D eigenvalue weighted by atomic mass is 10.0. The Hall–Kier alpha value is -3.15. The molecule has 0 aliphatic heterocycles. The van der Waals surface area contributed by atoms with Gasteiger partial charge in [0.1, 0.15) is 22.6 Å². The standard InChI is InChI=1S/C18H14F6N4O2/c1-17(30,15(20)21)8-13(29)27-16-25-11-6-7-12(18(22,23)24)26-14(11)28(16)10-4-2-9(19)3-5-10/h2-7,15,30H,8H2,1H3,(H,25,27,29). The zero-order valence-corrected chi connectivity index (χ0v) is 15.2. The fraction of sp³-hybridized carbons (Fsp3) is 0.278. The van der Waals surface area contributed by atoms with Crippen LogP contribution in [0.2, 0.25) is 0 Å². The first-order valence-electron chi connectivity index (χ1n) is 8.41. The fourth-order valence-electron chi connectivity index (χ4n) is 2.60. The van der Waals surface area contributed by atoms with Crippen LogP contribution >= 0.6 is 0 Å². The van der Waals surface area contributed by atoms with Crippen LogP contribution in [0.25, 0.3) is 16.9 Å². The predicted octanol–water partition coefficient (Wildman–Crippen LogP) is 3.92. The van der Waals surface area contributed by atoms with Crippen LogP contribution in [-0.2, 0) is 11.0 Å². The van der Waals surface area contributed by atoms with Gasteiger partial charge in [-0.15, -0.1) is 0 Å². The highest BCUT2D eigenvalue weighted by atomic mass is 19.4. The first-order valence-corrected chi connectivity index (χ1v) is 8.41. The average molecular weight is 432 g/mol. The molecule has 2 aromatic heterocycles. The van der Waals surface area contributed by atoms with Gasteiger partial charge in [-0.3, -0.25) is 14.7 Å². The number of imidazole rings is 1. The number of anilines is 1. The van der Waals surface area contributed by atoms with Crippen molar-refractivity contribution in [1.29, 1.82) is 0 Å². The number of aromatic nitrogens is 3. The Kier molecular flexibility index (Phi) is 5.46. The molecule has 6 nitrogen and oxygen atoms in total. The van der Waals surface area contributed by atoms with Crippen molar-refractivity contribution in [1.82, 2.24) is 14.5 Å². The second-order valence-electron chi connectivity index (χ2n) is 6.67. The zero-order chi connectivity index (χ0) is 22.3. The van der Waals surface area contributed by atoms with Gasteiger partial charge in [0.2, 0.25) is 11.9 Å². The number of halogens is 6. The highest BCUT2D eigenvalue weighted by molar-refractivity contribution is 5.92. The van der Waals surface area contributed by atoms with Crippen molar-refractivity contribution >= 4 is 23.0 Å². The van der Waals surface area contributed by atoms with Gasteiger partial charge in [-0.05, 0) is 43.3 Å². The number of benzene rings is 1. The highest BCUT2D eigenvalue weighted by Gasteiger charge is 2.36. The molecule has 0 bridgehead atoms. The molecular weight excluding hydrogens is 418 g/mol. The van der Waals surface area contributed by atoms with Gasteiger partial charge in [-0.2, -0.15) is 13.2 Å². The molecule has 1 atom stereocenters. The van der Waals surface area contributed by atoms with Crippen LogP contribution in [-0.4, -0.2) is 37.6 Å². The maximum atomic E-state index is 13.3. The number of fused-ring (bicyclic) bond motifs is 1. The number of carbonyl (C=O) groups excluding carboxylic acids is 1. The number of hydrogen-bond acceptors (Lipinski definition) is 4. The van der Waals surface area contributed by atoms with Gasteiger partial charge in [0.05, 0.1) is 12.1 Å². The molecule has 0 aliphatic carbocycles. The van der Waals surface area contributed by atoms with E-state index in [1.165, 1.54) is 12.1 Å². The third-order valence-electron chi connectivity index (χ3n) is 4.12. The number of nitrogens with zero attached hydrogens (tertiary/aromatic N) is 3. The molecule has 30 heavy (non-hydrogen) atoms. The summed E-state index contributed by atoms with van der Waals surface area (Å²) >= 11 is 0. The molecule has 1 unspecified atom stereocenters. The summed E-state index contributed by atoms with van der Waals surface area (Å²) in [5, 5.41) is 11.8. The van der Waals surface area contributed by atoms with E-state index in [0.29, 0.717) is 6.07 Å². The summed E-state index contributed by atoms with van der Waals surface area (Å²) in [4.78, 5) is 19.7. The normalized spacial score (nSPS) is 14.2. The van der Waals surface area contributed by atoms with Crippen LogP contribution in [0.15, 0.2) is 36.4 Å². The van der Waals surface area contributed by atoms with Crippen molar-refractivity contribution in [2.45, 2.75) is 31.5 Å². The third-order valence-corrected chi connectivity index (χ3v) is 4.12. The molecule has 2 N–H and O–H groups in total. The third kappa shape index (κ3) is 4.37. The van der Waals surface area contributed by atoms with E-state index in [-0.39, 0.29) is 22.8 Å². The minimum absolute atomic E-state index is 0.0387. The molecule has 3 rings (SSSR count). The van der Waals surface area contributed by atoms with Crippen molar-refractivity contribution in [3.05, 3.63) is 47.9 Å². The van der Waals surface area contributed by atoms with Crippen LogP contribution in [0.1, 0.15) is 19.0 Å². The van der Waals surface area contributed by atoms with Crippen LogP contribution in [0.3, 0.4) is 0 Å². The summed E-state index contributed by atoms with van der Waals surface area (Å²) in [6.07, 6.45) is -8.97. The molecule has 160 valence electrons. The molecule has 0 fully saturated rings. The van der Waals surface area contributed by atoms with Crippen molar-refractivity contribution < 1.29 is 36.2 Å². The number of nitrogens with one attached hydrogen (secondary N) is 1. The second kappa shape index (κ2) is 7.59. The Bertz CT molecular complexity index is 1080. The summed E-state index contributed by atoms with van der Waals surface area (Å²) in [6, 6.07) is 6.20. The maximum Gasteiger partial charge on any atom is 0.433 e. The summed E-state index contributed by atoms with van der Waals surface area (Å²) in [7, 11) is 0. The first-order chi connectivity index (χ1) is 13.9. The van der Waals surface area contributed by atoms with Crippen molar-refractivity contribution in [2.75, 3.05) is 5.32 Å². The summed E-state index contributed by atoms with van der Waals surface area (Å²) in [5.74, 6) is -2.01. The van der Waals surface area contributed by atoms with Crippen molar-refractivity contribution in [3.63, 3.8) is 0 Å². The Labute approximate surface area is 165 Å². The van der Waals surface area contributed by atoms with E-state index < -0.39 is 42.0 Å². The fourth-order valence-corrected chi connectivity index (χ4v) is 2.60. The molecule has 12 heteroatoms. The van der Waals surface area contributed by atoms with E-state index in [0.717, 1.165) is 29.7 Å². The van der Waals surface area contributed by atoms with Crippen LogP contribution in [0.5, 0.6) is 0 Å². The summed E-state index contributed by atoms with van der Waals surface area (Å²) in [6.45, 7) is 0.761. The largest absolute Gasteiger partial charge is 0.433 e. The predicted molar refractivity (Wildman–Crippen MR) is 93.7 cm³/mol. The minimum atomic E-state index is -4.76. The first kappa shape index (κ1) is 21.6. The van der Waals surface area contributed by atoms with Crippen LogP contribution < -0.4 is 5.32 Å². The maximum absolute atomic E-state index is 13.3. The molecule has 0 aliphatic rings. The van der Waals surface area contributed by atoms with E-state index in [9.17, 15) is 36.2 Å². The number of amides is 1. The summed E-state index contributed by atoms with van der Waals surface area (Å²) < 4.78 is 79.1. The SMILES string of the molecule is CC(O)(CC(=O)Nc1nc2ccc(C(F)(F)F)nc2n1-c1ccc(F)cc1)C(F)F. The van der Waals surface area contributed by atoms with Gasteiger partial charge in [0.25, 0.3) is 6.43 Å². The molecule has 0 saturated heterocycles. The van der Waals surface area contributed by atoms with Crippen LogP contribution in [0, 0.1) is 5.82 Å². The monoisotopic (exact) mass is 432 g/mol. The molecule has 1 amide bonds. The van der Waals surface area contributed by atoms with Gasteiger partial charge in [-0.25, -0.2) is 23.1 Å². The van der Waals surface area contributed by atoms with Gasteiger partial charge in [0.15, 0.2) is 5.65 Å². The molecule has 0 saturated carbocycles. The molecule has 2 heterocycles. The van der Waals surface area contributed by atoms with Gasteiger partial charge < -0.3 is 5.11 Å². The lowest BCUT2D eigenvalue weighted by Gasteiger charge is -2.21. The van der Waals surface area contributed by atoms with Gasteiger partial charge in [0, 0.05) is 0 Å². The van der Waals surface area contributed by atoms with E-state index in [1.54, 1.807) is 0 Å². The van der Waals surface area contributed by atoms with E-state index >= 15 is 0 Å².